The number of thiophene rings is 1. The summed E-state index contributed by atoms with van der Waals surface area (Å²) in [4.78, 5) is 23.7. The maximum Gasteiger partial charge on any atom is 0.264 e. The topological polar surface area (TPSA) is 89.0 Å². The van der Waals surface area contributed by atoms with E-state index in [1.54, 1.807) is 54.6 Å². The van der Waals surface area contributed by atoms with Gasteiger partial charge in [0.05, 0.1) is 9.92 Å². The molecule has 0 spiro atoms. The van der Waals surface area contributed by atoms with Crippen LogP contribution in [0, 0.1) is 19.7 Å². The van der Waals surface area contributed by atoms with Crippen LogP contribution in [0.15, 0.2) is 95.0 Å². The van der Waals surface area contributed by atoms with E-state index < -0.39 is 21.7 Å². The summed E-state index contributed by atoms with van der Waals surface area (Å²) in [7, 11) is -4.00. The fourth-order valence-corrected chi connectivity index (χ4v) is 7.46. The summed E-state index contributed by atoms with van der Waals surface area (Å²) in [5, 5.41) is 0.704. The maximum atomic E-state index is 13.8. The lowest BCUT2D eigenvalue weighted by atomic mass is 10.1. The standard InChI is InChI=1S/C30H23ClFN3O3S3/c1-18-14-19(2)34-30(33-18)39-17-23-16-27(22-12-13-26(32)25(31)15-22)40-28(23)20-8-10-21(11-9-20)29(36)35-41(37,38)24-6-4-3-5-7-24/h3-16H,17H2,1-2H3,(H,35,36). The van der Waals surface area contributed by atoms with Gasteiger partial charge in [0.15, 0.2) is 5.16 Å². The lowest BCUT2D eigenvalue weighted by molar-refractivity contribution is 0.0981. The van der Waals surface area contributed by atoms with Gasteiger partial charge in [-0.25, -0.2) is 27.5 Å². The van der Waals surface area contributed by atoms with Crippen molar-refractivity contribution in [2.24, 2.45) is 0 Å². The first kappa shape index (κ1) is 28.9. The van der Waals surface area contributed by atoms with Crippen LogP contribution in [0.1, 0.15) is 27.3 Å². The number of aryl methyl sites for hydroxylation is 2. The molecule has 1 N–H and O–H groups in total. The zero-order valence-corrected chi connectivity index (χ0v) is 25.1. The molecule has 1 amide bonds. The Bertz CT molecular complexity index is 1820. The van der Waals surface area contributed by atoms with Crippen molar-refractivity contribution in [3.63, 3.8) is 0 Å². The molecule has 0 saturated heterocycles. The molecule has 0 aliphatic heterocycles. The van der Waals surface area contributed by atoms with Gasteiger partial charge in [-0.15, -0.1) is 11.3 Å². The van der Waals surface area contributed by atoms with Gasteiger partial charge < -0.3 is 0 Å². The molecular formula is C30H23ClFN3O3S3. The van der Waals surface area contributed by atoms with E-state index in [1.165, 1.54) is 41.3 Å². The van der Waals surface area contributed by atoms with Crippen molar-refractivity contribution < 1.29 is 17.6 Å². The van der Waals surface area contributed by atoms with E-state index in [2.05, 4.69) is 14.7 Å². The Morgan fingerprint density at radius 2 is 1.59 bits per heavy atom. The summed E-state index contributed by atoms with van der Waals surface area (Å²) in [6.07, 6.45) is 0. The van der Waals surface area contributed by atoms with Crippen LogP contribution in [0.5, 0.6) is 0 Å². The summed E-state index contributed by atoms with van der Waals surface area (Å²) in [5.41, 5.74) is 4.60. The largest absolute Gasteiger partial charge is 0.268 e. The predicted molar refractivity (Wildman–Crippen MR) is 162 cm³/mol. The molecule has 208 valence electrons. The second-order valence-corrected chi connectivity index (χ2v) is 13.2. The third-order valence-corrected chi connectivity index (χ3v) is 9.83. The van der Waals surface area contributed by atoms with Gasteiger partial charge in [-0.2, -0.15) is 0 Å². The number of nitrogens with zero attached hydrogens (tertiary/aromatic N) is 2. The van der Waals surface area contributed by atoms with Crippen LogP contribution >= 0.6 is 34.7 Å². The van der Waals surface area contributed by atoms with Gasteiger partial charge >= 0.3 is 0 Å². The third-order valence-electron chi connectivity index (χ3n) is 6.02. The minimum Gasteiger partial charge on any atom is -0.268 e. The van der Waals surface area contributed by atoms with Crippen LogP contribution in [-0.4, -0.2) is 24.3 Å². The van der Waals surface area contributed by atoms with E-state index in [9.17, 15) is 17.6 Å². The van der Waals surface area contributed by atoms with Gasteiger partial charge in [-0.05, 0) is 79.1 Å². The highest BCUT2D eigenvalue weighted by molar-refractivity contribution is 7.98. The van der Waals surface area contributed by atoms with Crippen molar-refractivity contribution in [3.05, 3.63) is 118 Å². The number of aromatic nitrogens is 2. The minimum absolute atomic E-state index is 0.00640. The van der Waals surface area contributed by atoms with Gasteiger partial charge in [0.25, 0.3) is 15.9 Å². The molecule has 0 saturated carbocycles. The number of amides is 1. The molecule has 3 aromatic carbocycles. The molecule has 0 bridgehead atoms. The number of carbonyl (C=O) groups excluding carboxylic acids is 1. The van der Waals surface area contributed by atoms with Crippen molar-refractivity contribution >= 4 is 50.6 Å². The molecule has 6 nitrogen and oxygen atoms in total. The van der Waals surface area contributed by atoms with Crippen LogP contribution < -0.4 is 4.72 Å². The fourth-order valence-electron chi connectivity index (χ4n) is 4.08. The first-order valence-corrected chi connectivity index (χ1v) is 16.0. The molecule has 0 fully saturated rings. The molecule has 0 aliphatic rings. The highest BCUT2D eigenvalue weighted by atomic mass is 35.5. The number of carbonyl (C=O) groups is 1. The molecule has 0 radical (unpaired) electrons. The Labute approximate surface area is 250 Å². The molecule has 0 atom stereocenters. The highest BCUT2D eigenvalue weighted by Crippen LogP contribution is 2.41. The number of benzene rings is 3. The SMILES string of the molecule is Cc1cc(C)nc(SCc2cc(-c3ccc(F)c(Cl)c3)sc2-c2ccc(C(=O)NS(=O)(=O)c3ccccc3)cc2)n1. The molecular weight excluding hydrogens is 601 g/mol. The number of thioether (sulfide) groups is 1. The molecule has 2 aromatic heterocycles. The highest BCUT2D eigenvalue weighted by Gasteiger charge is 2.19. The number of rotatable bonds is 8. The summed E-state index contributed by atoms with van der Waals surface area (Å²) in [6, 6.07) is 23.0. The lowest BCUT2D eigenvalue weighted by Crippen LogP contribution is -2.30. The molecule has 11 heteroatoms. The molecule has 41 heavy (non-hydrogen) atoms. The normalized spacial score (nSPS) is 11.4. The number of nitrogens with one attached hydrogen (secondary N) is 1. The average molecular weight is 624 g/mol. The van der Waals surface area contributed by atoms with Crippen LogP contribution in [0.25, 0.3) is 20.9 Å². The van der Waals surface area contributed by atoms with Crippen LogP contribution in [0.3, 0.4) is 0 Å². The van der Waals surface area contributed by atoms with Crippen LogP contribution in [0.2, 0.25) is 5.02 Å². The second-order valence-electron chi connectivity index (χ2n) is 9.14. The molecule has 5 aromatic rings. The Hall–Kier alpha value is -3.57. The maximum absolute atomic E-state index is 13.8. The Morgan fingerprint density at radius 1 is 0.927 bits per heavy atom. The fraction of sp³-hybridized carbons (Fsp3) is 0.100. The molecule has 5 rings (SSSR count). The Balaban J connectivity index is 1.44. The van der Waals surface area contributed by atoms with E-state index in [0.717, 1.165) is 37.8 Å². The molecule has 0 aliphatic carbocycles. The second kappa shape index (κ2) is 12.1. The van der Waals surface area contributed by atoms with E-state index >= 15 is 0 Å². The summed E-state index contributed by atoms with van der Waals surface area (Å²) in [5.74, 6) is -0.643. The monoisotopic (exact) mass is 623 g/mol. The molecule has 0 unspecified atom stereocenters. The van der Waals surface area contributed by atoms with Gasteiger partial charge in [0.2, 0.25) is 0 Å². The van der Waals surface area contributed by atoms with Gasteiger partial charge in [0, 0.05) is 32.5 Å². The number of sulfonamides is 1. The van der Waals surface area contributed by atoms with Gasteiger partial charge in [0.1, 0.15) is 5.82 Å². The smallest absolute Gasteiger partial charge is 0.264 e. The Morgan fingerprint density at radius 3 is 2.24 bits per heavy atom. The van der Waals surface area contributed by atoms with E-state index in [4.69, 9.17) is 11.6 Å². The number of hydrogen-bond donors (Lipinski definition) is 1. The first-order chi connectivity index (χ1) is 19.6. The minimum atomic E-state index is -4.00. The first-order valence-electron chi connectivity index (χ1n) is 12.3. The van der Waals surface area contributed by atoms with Crippen molar-refractivity contribution in [2.75, 3.05) is 0 Å². The van der Waals surface area contributed by atoms with Crippen LogP contribution in [-0.2, 0) is 15.8 Å². The predicted octanol–water partition coefficient (Wildman–Crippen LogP) is 7.69. The quantitative estimate of drug-likeness (QED) is 0.141. The van der Waals surface area contributed by atoms with Crippen molar-refractivity contribution in [2.45, 2.75) is 29.7 Å². The summed E-state index contributed by atoms with van der Waals surface area (Å²) in [6.45, 7) is 3.85. The zero-order valence-electron chi connectivity index (χ0n) is 21.9. The van der Waals surface area contributed by atoms with Crippen molar-refractivity contribution in [1.82, 2.24) is 14.7 Å². The zero-order chi connectivity index (χ0) is 29.1. The average Bonchev–Trinajstić information content (AvgIpc) is 3.37. The number of hydrogen-bond acceptors (Lipinski definition) is 7. The Kier molecular flexibility index (Phi) is 8.55. The summed E-state index contributed by atoms with van der Waals surface area (Å²) >= 11 is 9.07. The van der Waals surface area contributed by atoms with E-state index in [1.807, 2.05) is 26.0 Å². The molecule has 2 heterocycles. The van der Waals surface area contributed by atoms with Gasteiger partial charge in [-0.3, -0.25) is 4.79 Å². The van der Waals surface area contributed by atoms with Crippen molar-refractivity contribution in [3.8, 4) is 20.9 Å². The third kappa shape index (κ3) is 6.84. The van der Waals surface area contributed by atoms with Crippen LogP contribution in [0.4, 0.5) is 4.39 Å². The number of halogens is 2. The summed E-state index contributed by atoms with van der Waals surface area (Å²) < 4.78 is 41.1. The van der Waals surface area contributed by atoms with E-state index in [-0.39, 0.29) is 15.5 Å². The van der Waals surface area contributed by atoms with Gasteiger partial charge in [-0.1, -0.05) is 59.8 Å². The van der Waals surface area contributed by atoms with Crippen molar-refractivity contribution in [1.29, 1.82) is 0 Å². The van der Waals surface area contributed by atoms with E-state index in [0.29, 0.717) is 10.9 Å². The lowest BCUT2D eigenvalue weighted by Gasteiger charge is -2.08.